The first-order valence-electron chi connectivity index (χ1n) is 7.53. The summed E-state index contributed by atoms with van der Waals surface area (Å²) in [4.78, 5) is 2.49. The molecule has 110 valence electrons. The summed E-state index contributed by atoms with van der Waals surface area (Å²) in [6.45, 7) is 15.7. The van der Waals surface area contributed by atoms with Crippen molar-refractivity contribution in [2.45, 2.75) is 59.4 Å². The Morgan fingerprint density at radius 3 is 2.28 bits per heavy atom. The monoisotopic (exact) mass is 258 g/mol. The summed E-state index contributed by atoms with van der Waals surface area (Å²) in [5.74, 6) is 0.724. The molecule has 0 aliphatic heterocycles. The Labute approximate surface area is 114 Å². The Morgan fingerprint density at radius 2 is 1.83 bits per heavy atom. The normalized spacial score (nSPS) is 15.3. The molecule has 0 aromatic carbocycles. The van der Waals surface area contributed by atoms with Crippen molar-refractivity contribution in [1.82, 2.24) is 4.90 Å². The van der Waals surface area contributed by atoms with Crippen molar-refractivity contribution in [1.29, 1.82) is 0 Å². The summed E-state index contributed by atoms with van der Waals surface area (Å²) >= 11 is 0. The predicted octanol–water partition coefficient (Wildman–Crippen LogP) is 2.89. The number of nitrogens with two attached hydrogens (primary N) is 1. The molecular formula is C15H34N2O. The maximum Gasteiger partial charge on any atom is 0.0593 e. The summed E-state index contributed by atoms with van der Waals surface area (Å²) < 4.78 is 5.72. The molecule has 0 aliphatic carbocycles. The average Bonchev–Trinajstić information content (AvgIpc) is 2.35. The first-order chi connectivity index (χ1) is 8.50. The molecule has 0 saturated heterocycles. The molecule has 3 heteroatoms. The quantitative estimate of drug-likeness (QED) is 0.579. The standard InChI is InChI=1S/C15H34N2O/c1-6-9-17(15(5,7-2)13-16)10-12-18-11-8-14(3)4/h14H,6-13,16H2,1-5H3. The molecule has 0 spiro atoms. The lowest BCUT2D eigenvalue weighted by Crippen LogP contribution is -2.52. The van der Waals surface area contributed by atoms with Crippen molar-refractivity contribution in [2.75, 3.05) is 32.8 Å². The Kier molecular flexibility index (Phi) is 9.70. The van der Waals surface area contributed by atoms with E-state index in [4.69, 9.17) is 10.5 Å². The highest BCUT2D eigenvalue weighted by molar-refractivity contribution is 4.85. The van der Waals surface area contributed by atoms with Crippen molar-refractivity contribution in [3.8, 4) is 0 Å². The maximum absolute atomic E-state index is 5.94. The van der Waals surface area contributed by atoms with Gasteiger partial charge in [0.05, 0.1) is 6.61 Å². The third kappa shape index (κ3) is 6.72. The van der Waals surface area contributed by atoms with Crippen LogP contribution in [0.3, 0.4) is 0 Å². The van der Waals surface area contributed by atoms with Crippen LogP contribution in [0.25, 0.3) is 0 Å². The van der Waals surface area contributed by atoms with E-state index in [2.05, 4.69) is 39.5 Å². The van der Waals surface area contributed by atoms with Crippen molar-refractivity contribution >= 4 is 0 Å². The van der Waals surface area contributed by atoms with Gasteiger partial charge in [0.2, 0.25) is 0 Å². The van der Waals surface area contributed by atoms with Gasteiger partial charge in [-0.3, -0.25) is 4.90 Å². The minimum absolute atomic E-state index is 0.122. The zero-order chi connectivity index (χ0) is 14.0. The van der Waals surface area contributed by atoms with E-state index in [9.17, 15) is 0 Å². The summed E-state index contributed by atoms with van der Waals surface area (Å²) in [6.07, 6.45) is 3.41. The van der Waals surface area contributed by atoms with Crippen LogP contribution in [0.2, 0.25) is 0 Å². The maximum atomic E-state index is 5.94. The molecule has 0 fully saturated rings. The van der Waals surface area contributed by atoms with Crippen LogP contribution < -0.4 is 5.73 Å². The van der Waals surface area contributed by atoms with Crippen LogP contribution in [0.15, 0.2) is 0 Å². The van der Waals surface area contributed by atoms with Gasteiger partial charge in [-0.05, 0) is 38.6 Å². The molecule has 0 heterocycles. The first-order valence-corrected chi connectivity index (χ1v) is 7.53. The molecule has 0 aliphatic rings. The van der Waals surface area contributed by atoms with E-state index in [1.165, 1.54) is 6.42 Å². The number of nitrogens with zero attached hydrogens (tertiary/aromatic N) is 1. The largest absolute Gasteiger partial charge is 0.380 e. The van der Waals surface area contributed by atoms with Crippen molar-refractivity contribution < 1.29 is 4.74 Å². The second kappa shape index (κ2) is 9.76. The van der Waals surface area contributed by atoms with Crippen LogP contribution in [-0.2, 0) is 4.74 Å². The Bertz CT molecular complexity index is 191. The van der Waals surface area contributed by atoms with Gasteiger partial charge < -0.3 is 10.5 Å². The highest BCUT2D eigenvalue weighted by Crippen LogP contribution is 2.18. The van der Waals surface area contributed by atoms with Gasteiger partial charge in [0.15, 0.2) is 0 Å². The van der Waals surface area contributed by atoms with Gasteiger partial charge >= 0.3 is 0 Å². The van der Waals surface area contributed by atoms with E-state index < -0.39 is 0 Å². The summed E-state index contributed by atoms with van der Waals surface area (Å²) in [5, 5.41) is 0. The first kappa shape index (κ1) is 17.9. The molecule has 0 aromatic rings. The smallest absolute Gasteiger partial charge is 0.0593 e. The van der Waals surface area contributed by atoms with Gasteiger partial charge in [-0.15, -0.1) is 0 Å². The van der Waals surface area contributed by atoms with E-state index in [0.29, 0.717) is 0 Å². The van der Waals surface area contributed by atoms with Crippen molar-refractivity contribution in [3.63, 3.8) is 0 Å². The van der Waals surface area contributed by atoms with Gasteiger partial charge in [0, 0.05) is 25.2 Å². The van der Waals surface area contributed by atoms with E-state index in [1.807, 2.05) is 0 Å². The lowest BCUT2D eigenvalue weighted by molar-refractivity contribution is 0.0478. The molecule has 0 rings (SSSR count). The van der Waals surface area contributed by atoms with Crippen molar-refractivity contribution in [2.24, 2.45) is 11.7 Å². The number of ether oxygens (including phenoxy) is 1. The fourth-order valence-electron chi connectivity index (χ4n) is 2.01. The lowest BCUT2D eigenvalue weighted by atomic mass is 9.96. The number of hydrogen-bond donors (Lipinski definition) is 1. The van der Waals surface area contributed by atoms with E-state index in [1.54, 1.807) is 0 Å². The zero-order valence-corrected chi connectivity index (χ0v) is 13.2. The molecule has 0 aromatic heterocycles. The molecule has 0 bridgehead atoms. The highest BCUT2D eigenvalue weighted by Gasteiger charge is 2.27. The molecule has 3 nitrogen and oxygen atoms in total. The van der Waals surface area contributed by atoms with E-state index >= 15 is 0 Å². The summed E-state index contributed by atoms with van der Waals surface area (Å²) in [5.41, 5.74) is 6.06. The minimum atomic E-state index is 0.122. The molecule has 1 unspecified atom stereocenters. The lowest BCUT2D eigenvalue weighted by Gasteiger charge is -2.40. The van der Waals surface area contributed by atoms with Gasteiger partial charge in [-0.2, -0.15) is 0 Å². The van der Waals surface area contributed by atoms with E-state index in [-0.39, 0.29) is 5.54 Å². The van der Waals surface area contributed by atoms with Crippen molar-refractivity contribution in [3.05, 3.63) is 0 Å². The van der Waals surface area contributed by atoms with Gasteiger partial charge in [0.1, 0.15) is 0 Å². The Hall–Kier alpha value is -0.120. The summed E-state index contributed by atoms with van der Waals surface area (Å²) in [7, 11) is 0. The van der Waals surface area contributed by atoms with Crippen LogP contribution in [0, 0.1) is 5.92 Å². The second-order valence-corrected chi connectivity index (χ2v) is 5.84. The van der Waals surface area contributed by atoms with Crippen LogP contribution in [0.1, 0.15) is 53.9 Å². The topological polar surface area (TPSA) is 38.5 Å². The molecular weight excluding hydrogens is 224 g/mol. The minimum Gasteiger partial charge on any atom is -0.380 e. The van der Waals surface area contributed by atoms with Gasteiger partial charge in [-0.1, -0.05) is 27.7 Å². The Balaban J connectivity index is 4.04. The summed E-state index contributed by atoms with van der Waals surface area (Å²) in [6, 6.07) is 0. The fraction of sp³-hybridized carbons (Fsp3) is 1.00. The number of rotatable bonds is 11. The van der Waals surface area contributed by atoms with E-state index in [0.717, 1.165) is 51.6 Å². The zero-order valence-electron chi connectivity index (χ0n) is 13.2. The van der Waals surface area contributed by atoms with Crippen LogP contribution in [0.4, 0.5) is 0 Å². The molecule has 1 atom stereocenters. The Morgan fingerprint density at radius 1 is 1.17 bits per heavy atom. The molecule has 0 saturated carbocycles. The fourth-order valence-corrected chi connectivity index (χ4v) is 2.01. The second-order valence-electron chi connectivity index (χ2n) is 5.84. The molecule has 0 radical (unpaired) electrons. The third-order valence-corrected chi connectivity index (χ3v) is 3.80. The van der Waals surface area contributed by atoms with Crippen LogP contribution in [0.5, 0.6) is 0 Å². The third-order valence-electron chi connectivity index (χ3n) is 3.80. The van der Waals surface area contributed by atoms with Gasteiger partial charge in [-0.25, -0.2) is 0 Å². The SMILES string of the molecule is CCCN(CCOCCC(C)C)C(C)(CC)CN. The van der Waals surface area contributed by atoms with Crippen LogP contribution >= 0.6 is 0 Å². The van der Waals surface area contributed by atoms with Gasteiger partial charge in [0.25, 0.3) is 0 Å². The number of hydrogen-bond acceptors (Lipinski definition) is 3. The highest BCUT2D eigenvalue weighted by atomic mass is 16.5. The predicted molar refractivity (Wildman–Crippen MR) is 79.9 cm³/mol. The molecule has 0 amide bonds. The molecule has 2 N–H and O–H groups in total. The average molecular weight is 258 g/mol. The van der Waals surface area contributed by atoms with Crippen LogP contribution in [-0.4, -0.2) is 43.3 Å². The molecule has 18 heavy (non-hydrogen) atoms.